The molecule has 1 rings (SSSR count). The van der Waals surface area contributed by atoms with Crippen molar-refractivity contribution in [1.82, 2.24) is 5.32 Å². The number of primary amides is 1. The molecular formula is C14H19BrN2O3. The number of nitrogens with two attached hydrogens (primary N) is 1. The summed E-state index contributed by atoms with van der Waals surface area (Å²) in [4.78, 5) is 23.4. The van der Waals surface area contributed by atoms with Crippen molar-refractivity contribution in [1.29, 1.82) is 0 Å². The number of halogens is 1. The Morgan fingerprint density at radius 2 is 1.80 bits per heavy atom. The van der Waals surface area contributed by atoms with E-state index in [2.05, 4.69) is 21.2 Å². The lowest BCUT2D eigenvalue weighted by Crippen LogP contribution is -2.48. The molecule has 110 valence electrons. The van der Waals surface area contributed by atoms with Crippen LogP contribution >= 0.6 is 15.9 Å². The maximum absolute atomic E-state index is 11.9. The van der Waals surface area contributed by atoms with Gasteiger partial charge in [-0.1, -0.05) is 41.9 Å². The third-order valence-corrected chi connectivity index (χ3v) is 3.49. The summed E-state index contributed by atoms with van der Waals surface area (Å²) in [6.07, 6.45) is 0. The zero-order valence-electron chi connectivity index (χ0n) is 11.7. The SMILES string of the molecule is COC(=O)[C@@H](N[C@H](C(N)=O)C(C)C)c1ccc(Br)cc1. The van der Waals surface area contributed by atoms with Crippen LogP contribution in [0.4, 0.5) is 0 Å². The Hall–Kier alpha value is -1.40. The fourth-order valence-electron chi connectivity index (χ4n) is 1.86. The molecule has 0 fully saturated rings. The van der Waals surface area contributed by atoms with Crippen molar-refractivity contribution in [2.24, 2.45) is 11.7 Å². The quantitative estimate of drug-likeness (QED) is 0.772. The van der Waals surface area contributed by atoms with Crippen LogP contribution in [0.1, 0.15) is 25.5 Å². The van der Waals surface area contributed by atoms with Gasteiger partial charge in [-0.25, -0.2) is 4.79 Å². The summed E-state index contributed by atoms with van der Waals surface area (Å²) < 4.78 is 5.70. The molecule has 0 aliphatic rings. The Labute approximate surface area is 127 Å². The molecule has 0 aromatic heterocycles. The van der Waals surface area contributed by atoms with Gasteiger partial charge in [-0.2, -0.15) is 0 Å². The Bertz CT molecular complexity index is 474. The summed E-state index contributed by atoms with van der Waals surface area (Å²) in [5, 5.41) is 2.98. The Balaban J connectivity index is 3.04. The van der Waals surface area contributed by atoms with Gasteiger partial charge in [0.1, 0.15) is 6.04 Å². The van der Waals surface area contributed by atoms with E-state index in [1.54, 1.807) is 12.1 Å². The van der Waals surface area contributed by atoms with Gasteiger partial charge in [0, 0.05) is 4.47 Å². The van der Waals surface area contributed by atoms with E-state index in [0.717, 1.165) is 4.47 Å². The van der Waals surface area contributed by atoms with Crippen LogP contribution in [-0.4, -0.2) is 25.0 Å². The maximum atomic E-state index is 11.9. The summed E-state index contributed by atoms with van der Waals surface area (Å²) in [6, 6.07) is 5.88. The molecule has 1 aromatic carbocycles. The molecule has 0 saturated carbocycles. The molecule has 2 atom stereocenters. The third kappa shape index (κ3) is 4.31. The maximum Gasteiger partial charge on any atom is 0.327 e. The first kappa shape index (κ1) is 16.7. The van der Waals surface area contributed by atoms with E-state index in [9.17, 15) is 9.59 Å². The fraction of sp³-hybridized carbons (Fsp3) is 0.429. The lowest BCUT2D eigenvalue weighted by Gasteiger charge is -2.25. The van der Waals surface area contributed by atoms with E-state index in [4.69, 9.17) is 10.5 Å². The van der Waals surface area contributed by atoms with E-state index >= 15 is 0 Å². The minimum absolute atomic E-state index is 0.0323. The van der Waals surface area contributed by atoms with Crippen molar-refractivity contribution >= 4 is 27.8 Å². The fourth-order valence-corrected chi connectivity index (χ4v) is 2.12. The van der Waals surface area contributed by atoms with Crippen molar-refractivity contribution < 1.29 is 14.3 Å². The summed E-state index contributed by atoms with van der Waals surface area (Å²) in [6.45, 7) is 3.72. The van der Waals surface area contributed by atoms with Gasteiger partial charge >= 0.3 is 5.97 Å². The van der Waals surface area contributed by atoms with Crippen LogP contribution in [0.25, 0.3) is 0 Å². The van der Waals surface area contributed by atoms with Crippen molar-refractivity contribution in [3.05, 3.63) is 34.3 Å². The molecule has 0 radical (unpaired) electrons. The van der Waals surface area contributed by atoms with Gasteiger partial charge in [-0.05, 0) is 23.6 Å². The zero-order chi connectivity index (χ0) is 15.3. The number of carbonyl (C=O) groups is 2. The van der Waals surface area contributed by atoms with Gasteiger partial charge in [0.2, 0.25) is 5.91 Å². The number of rotatable bonds is 6. The van der Waals surface area contributed by atoms with Gasteiger partial charge in [-0.15, -0.1) is 0 Å². The summed E-state index contributed by atoms with van der Waals surface area (Å²) in [5.41, 5.74) is 6.08. The highest BCUT2D eigenvalue weighted by atomic mass is 79.9. The second-order valence-electron chi connectivity index (χ2n) is 4.80. The number of amides is 1. The Morgan fingerprint density at radius 1 is 1.25 bits per heavy atom. The molecule has 1 amide bonds. The molecule has 6 heteroatoms. The number of hydrogen-bond donors (Lipinski definition) is 2. The number of methoxy groups -OCH3 is 1. The van der Waals surface area contributed by atoms with E-state index < -0.39 is 24.0 Å². The van der Waals surface area contributed by atoms with Crippen LogP contribution in [0.5, 0.6) is 0 Å². The first-order valence-corrected chi connectivity index (χ1v) is 7.04. The van der Waals surface area contributed by atoms with Gasteiger partial charge in [0.05, 0.1) is 13.2 Å². The number of benzene rings is 1. The molecule has 0 saturated heterocycles. The normalized spacial score (nSPS) is 13.8. The van der Waals surface area contributed by atoms with Gasteiger partial charge in [-0.3, -0.25) is 10.1 Å². The van der Waals surface area contributed by atoms with Crippen LogP contribution in [0.15, 0.2) is 28.7 Å². The van der Waals surface area contributed by atoms with E-state index in [1.165, 1.54) is 7.11 Å². The second-order valence-corrected chi connectivity index (χ2v) is 5.71. The lowest BCUT2D eigenvalue weighted by molar-refractivity contribution is -0.143. The van der Waals surface area contributed by atoms with Crippen LogP contribution in [0.2, 0.25) is 0 Å². The molecule has 0 aliphatic heterocycles. The van der Waals surface area contributed by atoms with Crippen LogP contribution in [0, 0.1) is 5.92 Å². The molecule has 0 spiro atoms. The molecular weight excluding hydrogens is 324 g/mol. The van der Waals surface area contributed by atoms with Crippen molar-refractivity contribution in [3.63, 3.8) is 0 Å². The monoisotopic (exact) mass is 342 g/mol. The molecule has 0 bridgehead atoms. The first-order valence-electron chi connectivity index (χ1n) is 6.25. The van der Waals surface area contributed by atoms with Crippen LogP contribution < -0.4 is 11.1 Å². The zero-order valence-corrected chi connectivity index (χ0v) is 13.3. The highest BCUT2D eigenvalue weighted by Crippen LogP contribution is 2.20. The van der Waals surface area contributed by atoms with Crippen molar-refractivity contribution in [3.8, 4) is 0 Å². The highest BCUT2D eigenvalue weighted by Gasteiger charge is 2.28. The molecule has 3 N–H and O–H groups in total. The number of carbonyl (C=O) groups excluding carboxylic acids is 2. The van der Waals surface area contributed by atoms with Gasteiger partial charge < -0.3 is 10.5 Å². The molecule has 0 unspecified atom stereocenters. The highest BCUT2D eigenvalue weighted by molar-refractivity contribution is 9.10. The largest absolute Gasteiger partial charge is 0.468 e. The Morgan fingerprint density at radius 3 is 2.20 bits per heavy atom. The van der Waals surface area contributed by atoms with Crippen LogP contribution in [0.3, 0.4) is 0 Å². The predicted molar refractivity (Wildman–Crippen MR) is 79.9 cm³/mol. The molecule has 1 aromatic rings. The smallest absolute Gasteiger partial charge is 0.327 e. The van der Waals surface area contributed by atoms with Gasteiger partial charge in [0.15, 0.2) is 0 Å². The second kappa shape index (κ2) is 7.40. The predicted octanol–water partition coefficient (Wildman–Crippen LogP) is 1.76. The summed E-state index contributed by atoms with van der Waals surface area (Å²) in [5.74, 6) is -0.986. The minimum atomic E-state index is -0.729. The average molecular weight is 343 g/mol. The van der Waals surface area contributed by atoms with E-state index in [0.29, 0.717) is 5.56 Å². The van der Waals surface area contributed by atoms with Gasteiger partial charge in [0.25, 0.3) is 0 Å². The topological polar surface area (TPSA) is 81.4 Å². The summed E-state index contributed by atoms with van der Waals surface area (Å²) in [7, 11) is 1.31. The Kier molecular flexibility index (Phi) is 6.16. The average Bonchev–Trinajstić information content (AvgIpc) is 2.39. The molecule has 0 heterocycles. The minimum Gasteiger partial charge on any atom is -0.468 e. The van der Waals surface area contributed by atoms with Crippen LogP contribution in [-0.2, 0) is 14.3 Å². The third-order valence-electron chi connectivity index (χ3n) is 2.96. The van der Waals surface area contributed by atoms with E-state index in [-0.39, 0.29) is 5.92 Å². The number of hydrogen-bond acceptors (Lipinski definition) is 4. The molecule has 20 heavy (non-hydrogen) atoms. The number of nitrogens with one attached hydrogen (secondary N) is 1. The number of ether oxygens (including phenoxy) is 1. The lowest BCUT2D eigenvalue weighted by atomic mass is 10.00. The van der Waals surface area contributed by atoms with Crippen molar-refractivity contribution in [2.45, 2.75) is 25.9 Å². The first-order chi connectivity index (χ1) is 9.36. The summed E-state index contributed by atoms with van der Waals surface area (Å²) >= 11 is 3.34. The standard InChI is InChI=1S/C14H19BrN2O3/c1-8(2)11(13(16)18)17-12(14(19)20-3)9-4-6-10(15)7-5-9/h4-8,11-12,17H,1-3H3,(H2,16,18)/t11-,12-/m0/s1. The van der Waals surface area contributed by atoms with Crippen molar-refractivity contribution in [2.75, 3.05) is 7.11 Å². The number of esters is 1. The molecule has 0 aliphatic carbocycles. The molecule has 5 nitrogen and oxygen atoms in total. The van der Waals surface area contributed by atoms with E-state index in [1.807, 2.05) is 26.0 Å².